The Balaban J connectivity index is 3.03. The lowest BCUT2D eigenvalue weighted by Gasteiger charge is -2.33. The number of rotatable bonds is 7. The summed E-state index contributed by atoms with van der Waals surface area (Å²) in [7, 11) is 1.96. The standard InChI is InChI=1S/C14H28N4/c1-6-10-11-12(15)13(18(5)17-11)16-14(7-2,8-3)9-4/h16H,6-10,15H2,1-5H3. The molecule has 1 rings (SSSR count). The maximum atomic E-state index is 6.22. The summed E-state index contributed by atoms with van der Waals surface area (Å²) in [6, 6.07) is 0. The summed E-state index contributed by atoms with van der Waals surface area (Å²) >= 11 is 0. The number of anilines is 2. The molecule has 0 fully saturated rings. The summed E-state index contributed by atoms with van der Waals surface area (Å²) in [5, 5.41) is 8.15. The molecule has 0 radical (unpaired) electrons. The molecule has 0 amide bonds. The maximum Gasteiger partial charge on any atom is 0.148 e. The summed E-state index contributed by atoms with van der Waals surface area (Å²) in [6.07, 6.45) is 5.29. The number of aromatic nitrogens is 2. The largest absolute Gasteiger partial charge is 0.394 e. The zero-order chi connectivity index (χ0) is 13.8. The molecule has 0 bridgehead atoms. The number of nitrogens with one attached hydrogen (secondary N) is 1. The fraction of sp³-hybridized carbons (Fsp3) is 0.786. The summed E-state index contributed by atoms with van der Waals surface area (Å²) < 4.78 is 1.88. The van der Waals surface area contributed by atoms with E-state index in [2.05, 4.69) is 38.1 Å². The van der Waals surface area contributed by atoms with Crippen LogP contribution in [0.25, 0.3) is 0 Å². The predicted molar refractivity (Wildman–Crippen MR) is 78.8 cm³/mol. The molecule has 0 aromatic carbocycles. The Morgan fingerprint density at radius 3 is 2.17 bits per heavy atom. The van der Waals surface area contributed by atoms with Crippen molar-refractivity contribution >= 4 is 11.5 Å². The molecule has 0 atom stereocenters. The van der Waals surface area contributed by atoms with Gasteiger partial charge in [0.05, 0.1) is 11.4 Å². The van der Waals surface area contributed by atoms with E-state index >= 15 is 0 Å². The van der Waals surface area contributed by atoms with Crippen LogP contribution in [0.3, 0.4) is 0 Å². The number of nitrogens with two attached hydrogens (primary N) is 1. The summed E-state index contributed by atoms with van der Waals surface area (Å²) in [6.45, 7) is 8.81. The first-order chi connectivity index (χ1) is 8.53. The molecule has 0 saturated carbocycles. The molecular formula is C14H28N4. The fourth-order valence-corrected chi connectivity index (χ4v) is 2.43. The van der Waals surface area contributed by atoms with Crippen molar-refractivity contribution in [3.63, 3.8) is 0 Å². The minimum atomic E-state index is 0.130. The molecule has 0 aliphatic carbocycles. The van der Waals surface area contributed by atoms with E-state index in [1.807, 2.05) is 11.7 Å². The van der Waals surface area contributed by atoms with Gasteiger partial charge in [-0.15, -0.1) is 0 Å². The predicted octanol–water partition coefficient (Wildman–Crippen LogP) is 3.34. The lowest BCUT2D eigenvalue weighted by molar-refractivity contribution is 0.416. The molecule has 1 heterocycles. The second-order valence-corrected chi connectivity index (χ2v) is 5.05. The van der Waals surface area contributed by atoms with Crippen LogP contribution in [0.4, 0.5) is 11.5 Å². The summed E-state index contributed by atoms with van der Waals surface area (Å²) in [4.78, 5) is 0. The normalized spacial score (nSPS) is 11.8. The number of nitrogens with zero attached hydrogens (tertiary/aromatic N) is 2. The zero-order valence-corrected chi connectivity index (χ0v) is 12.5. The van der Waals surface area contributed by atoms with Gasteiger partial charge in [-0.1, -0.05) is 34.1 Å². The van der Waals surface area contributed by atoms with Gasteiger partial charge in [-0.05, 0) is 25.7 Å². The van der Waals surface area contributed by atoms with E-state index in [4.69, 9.17) is 5.73 Å². The molecular weight excluding hydrogens is 224 g/mol. The minimum absolute atomic E-state index is 0.130. The number of hydrogen-bond acceptors (Lipinski definition) is 3. The number of aryl methyl sites for hydroxylation is 2. The third kappa shape index (κ3) is 2.79. The molecule has 4 heteroatoms. The SMILES string of the molecule is CCCc1nn(C)c(NC(CC)(CC)CC)c1N. The number of nitrogen functional groups attached to an aromatic ring is 1. The average Bonchev–Trinajstić information content (AvgIpc) is 2.64. The van der Waals surface area contributed by atoms with E-state index in [0.717, 1.165) is 49.3 Å². The van der Waals surface area contributed by atoms with Crippen LogP contribution >= 0.6 is 0 Å². The van der Waals surface area contributed by atoms with E-state index < -0.39 is 0 Å². The molecule has 0 aliphatic rings. The van der Waals surface area contributed by atoms with E-state index in [1.54, 1.807) is 0 Å². The number of hydrogen-bond donors (Lipinski definition) is 2. The van der Waals surface area contributed by atoms with Crippen molar-refractivity contribution in [2.24, 2.45) is 7.05 Å². The highest BCUT2D eigenvalue weighted by molar-refractivity contribution is 5.66. The van der Waals surface area contributed by atoms with E-state index in [-0.39, 0.29) is 5.54 Å². The van der Waals surface area contributed by atoms with Gasteiger partial charge in [0.2, 0.25) is 0 Å². The first kappa shape index (κ1) is 14.9. The van der Waals surface area contributed by atoms with Crippen LogP contribution in [0, 0.1) is 0 Å². The van der Waals surface area contributed by atoms with E-state index in [0.29, 0.717) is 0 Å². The minimum Gasteiger partial charge on any atom is -0.394 e. The van der Waals surface area contributed by atoms with E-state index in [9.17, 15) is 0 Å². The molecule has 0 unspecified atom stereocenters. The highest BCUT2D eigenvalue weighted by Gasteiger charge is 2.26. The first-order valence-electron chi connectivity index (χ1n) is 7.13. The van der Waals surface area contributed by atoms with Crippen molar-refractivity contribution in [1.82, 2.24) is 9.78 Å². The smallest absolute Gasteiger partial charge is 0.148 e. The van der Waals surface area contributed by atoms with Crippen LogP contribution < -0.4 is 11.1 Å². The Bertz CT molecular complexity index is 369. The van der Waals surface area contributed by atoms with Gasteiger partial charge >= 0.3 is 0 Å². The molecule has 18 heavy (non-hydrogen) atoms. The third-order valence-electron chi connectivity index (χ3n) is 4.06. The Kier molecular flexibility index (Phi) is 5.05. The van der Waals surface area contributed by atoms with Crippen LogP contribution in [-0.2, 0) is 13.5 Å². The highest BCUT2D eigenvalue weighted by Crippen LogP contribution is 2.30. The van der Waals surface area contributed by atoms with Crippen molar-refractivity contribution in [1.29, 1.82) is 0 Å². The summed E-state index contributed by atoms with van der Waals surface area (Å²) in [5.41, 5.74) is 8.18. The van der Waals surface area contributed by atoms with Crippen LogP contribution in [0.15, 0.2) is 0 Å². The average molecular weight is 252 g/mol. The molecule has 0 spiro atoms. The second kappa shape index (κ2) is 6.12. The first-order valence-corrected chi connectivity index (χ1v) is 7.13. The quantitative estimate of drug-likeness (QED) is 0.782. The van der Waals surface area contributed by atoms with Crippen molar-refractivity contribution in [2.75, 3.05) is 11.1 Å². The molecule has 1 aromatic rings. The molecule has 4 nitrogen and oxygen atoms in total. The Morgan fingerprint density at radius 1 is 1.17 bits per heavy atom. The van der Waals surface area contributed by atoms with Gasteiger partial charge in [0.1, 0.15) is 5.82 Å². The molecule has 0 saturated heterocycles. The lowest BCUT2D eigenvalue weighted by Crippen LogP contribution is -2.37. The Morgan fingerprint density at radius 2 is 1.72 bits per heavy atom. The van der Waals surface area contributed by atoms with Crippen LogP contribution in [-0.4, -0.2) is 15.3 Å². The van der Waals surface area contributed by atoms with Gasteiger partial charge in [0.25, 0.3) is 0 Å². The fourth-order valence-electron chi connectivity index (χ4n) is 2.43. The Labute approximate surface area is 111 Å². The third-order valence-corrected chi connectivity index (χ3v) is 4.06. The van der Waals surface area contributed by atoms with Crippen molar-refractivity contribution < 1.29 is 0 Å². The van der Waals surface area contributed by atoms with Gasteiger partial charge in [-0.2, -0.15) is 5.10 Å². The van der Waals surface area contributed by atoms with Gasteiger partial charge in [-0.25, -0.2) is 0 Å². The van der Waals surface area contributed by atoms with Crippen molar-refractivity contribution in [2.45, 2.75) is 65.3 Å². The topological polar surface area (TPSA) is 55.9 Å². The second-order valence-electron chi connectivity index (χ2n) is 5.05. The van der Waals surface area contributed by atoms with Crippen LogP contribution in [0.5, 0.6) is 0 Å². The monoisotopic (exact) mass is 252 g/mol. The molecule has 104 valence electrons. The summed E-state index contributed by atoms with van der Waals surface area (Å²) in [5.74, 6) is 0.976. The van der Waals surface area contributed by atoms with Gasteiger partial charge in [0, 0.05) is 12.6 Å². The molecule has 1 aromatic heterocycles. The van der Waals surface area contributed by atoms with Crippen molar-refractivity contribution in [3.8, 4) is 0 Å². The van der Waals surface area contributed by atoms with E-state index in [1.165, 1.54) is 0 Å². The van der Waals surface area contributed by atoms with Crippen molar-refractivity contribution in [3.05, 3.63) is 5.69 Å². The zero-order valence-electron chi connectivity index (χ0n) is 12.5. The lowest BCUT2D eigenvalue weighted by atomic mass is 9.90. The highest BCUT2D eigenvalue weighted by atomic mass is 15.3. The van der Waals surface area contributed by atoms with Gasteiger partial charge in [0.15, 0.2) is 0 Å². The molecule has 3 N–H and O–H groups in total. The van der Waals surface area contributed by atoms with Crippen LogP contribution in [0.1, 0.15) is 59.1 Å². The van der Waals surface area contributed by atoms with Crippen LogP contribution in [0.2, 0.25) is 0 Å². The Hall–Kier alpha value is -1.19. The maximum absolute atomic E-state index is 6.22. The van der Waals surface area contributed by atoms with Gasteiger partial charge < -0.3 is 11.1 Å². The molecule has 0 aliphatic heterocycles. The van der Waals surface area contributed by atoms with Gasteiger partial charge in [-0.3, -0.25) is 4.68 Å².